The Bertz CT molecular complexity index is 391. The van der Waals surface area contributed by atoms with Crippen molar-refractivity contribution >= 4 is 11.6 Å². The third kappa shape index (κ3) is 3.94. The number of nitrogens with two attached hydrogens (primary N) is 1. The van der Waals surface area contributed by atoms with Crippen LogP contribution in [0.4, 0.5) is 4.39 Å². The van der Waals surface area contributed by atoms with Gasteiger partial charge < -0.3 is 10.8 Å². The minimum Gasteiger partial charge on any atom is -0.396 e. The molecule has 0 saturated carbocycles. The van der Waals surface area contributed by atoms with E-state index in [0.717, 1.165) is 6.42 Å². The second-order valence-electron chi connectivity index (χ2n) is 5.37. The topological polar surface area (TPSA) is 46.2 Å². The Kier molecular flexibility index (Phi) is 5.57. The average Bonchev–Trinajstić information content (AvgIpc) is 2.32. The van der Waals surface area contributed by atoms with Crippen LogP contribution in [0, 0.1) is 17.2 Å². The summed E-state index contributed by atoms with van der Waals surface area (Å²) in [5, 5.41) is 10.1. The number of aliphatic hydroxyl groups is 1. The Balaban J connectivity index is 2.98. The zero-order chi connectivity index (χ0) is 13.8. The van der Waals surface area contributed by atoms with Crippen LogP contribution >= 0.6 is 11.6 Å². The fraction of sp³-hybridized carbons (Fsp3) is 0.571. The van der Waals surface area contributed by atoms with E-state index in [1.165, 1.54) is 12.1 Å². The Morgan fingerprint density at radius 1 is 1.44 bits per heavy atom. The Morgan fingerprint density at radius 3 is 2.61 bits per heavy atom. The third-order valence-electron chi connectivity index (χ3n) is 3.18. The van der Waals surface area contributed by atoms with Gasteiger partial charge in [-0.15, -0.1) is 0 Å². The number of hydrogen-bond acceptors (Lipinski definition) is 2. The van der Waals surface area contributed by atoms with Crippen LogP contribution in [0.25, 0.3) is 0 Å². The Hall–Kier alpha value is -0.640. The summed E-state index contributed by atoms with van der Waals surface area (Å²) in [5.74, 6) is 0.0934. The first-order valence-corrected chi connectivity index (χ1v) is 6.55. The van der Waals surface area contributed by atoms with Gasteiger partial charge >= 0.3 is 0 Å². The van der Waals surface area contributed by atoms with E-state index in [-0.39, 0.29) is 12.4 Å². The van der Waals surface area contributed by atoms with Gasteiger partial charge in [0.15, 0.2) is 0 Å². The van der Waals surface area contributed by atoms with Gasteiger partial charge in [0.25, 0.3) is 0 Å². The molecule has 1 rings (SSSR count). The quantitative estimate of drug-likeness (QED) is 0.837. The van der Waals surface area contributed by atoms with E-state index >= 15 is 0 Å². The largest absolute Gasteiger partial charge is 0.396 e. The predicted octanol–water partition coefficient (Wildman–Crippen LogP) is 3.01. The predicted molar refractivity (Wildman–Crippen MR) is 73.1 cm³/mol. The van der Waals surface area contributed by atoms with Crippen molar-refractivity contribution < 1.29 is 9.50 Å². The van der Waals surface area contributed by atoms with Gasteiger partial charge in [0.05, 0.1) is 6.61 Å². The molecule has 0 saturated heterocycles. The lowest BCUT2D eigenvalue weighted by Gasteiger charge is -2.32. The highest BCUT2D eigenvalue weighted by Gasteiger charge is 2.30. The van der Waals surface area contributed by atoms with Crippen LogP contribution in [0.15, 0.2) is 18.2 Å². The molecule has 0 amide bonds. The van der Waals surface area contributed by atoms with Crippen molar-refractivity contribution in [3.05, 3.63) is 34.6 Å². The summed E-state index contributed by atoms with van der Waals surface area (Å²) in [6, 6.07) is 4.29. The first-order chi connectivity index (χ1) is 8.42. The van der Waals surface area contributed by atoms with Crippen molar-refractivity contribution in [2.75, 3.05) is 13.2 Å². The number of hydrogen-bond donors (Lipinski definition) is 2. The van der Waals surface area contributed by atoms with E-state index < -0.39 is 5.41 Å². The number of halogens is 2. The molecule has 0 aliphatic heterocycles. The molecule has 0 bridgehead atoms. The fourth-order valence-electron chi connectivity index (χ4n) is 2.36. The van der Waals surface area contributed by atoms with Crippen molar-refractivity contribution in [1.29, 1.82) is 0 Å². The zero-order valence-electron chi connectivity index (χ0n) is 10.9. The summed E-state index contributed by atoms with van der Waals surface area (Å²) in [7, 11) is 0. The first-order valence-electron chi connectivity index (χ1n) is 6.17. The van der Waals surface area contributed by atoms with Crippen molar-refractivity contribution in [2.24, 2.45) is 17.1 Å². The molecule has 2 nitrogen and oxygen atoms in total. The molecular formula is C14H21ClFNO. The van der Waals surface area contributed by atoms with E-state index in [2.05, 4.69) is 13.8 Å². The summed E-state index contributed by atoms with van der Waals surface area (Å²) < 4.78 is 13.2. The van der Waals surface area contributed by atoms with Gasteiger partial charge in [-0.1, -0.05) is 25.4 Å². The van der Waals surface area contributed by atoms with Crippen LogP contribution in [0.1, 0.15) is 25.8 Å². The summed E-state index contributed by atoms with van der Waals surface area (Å²) in [4.78, 5) is 0. The second-order valence-corrected chi connectivity index (χ2v) is 5.78. The van der Waals surface area contributed by atoms with E-state index in [4.69, 9.17) is 17.3 Å². The molecular weight excluding hydrogens is 253 g/mol. The monoisotopic (exact) mass is 273 g/mol. The normalized spacial score (nSPS) is 14.8. The molecule has 1 unspecified atom stereocenters. The van der Waals surface area contributed by atoms with Gasteiger partial charge in [0, 0.05) is 17.0 Å². The van der Waals surface area contributed by atoms with Crippen LogP contribution in [-0.2, 0) is 6.42 Å². The molecule has 0 aliphatic rings. The molecule has 4 heteroatoms. The highest BCUT2D eigenvalue weighted by atomic mass is 35.5. The molecule has 0 spiro atoms. The van der Waals surface area contributed by atoms with E-state index in [1.807, 2.05) is 0 Å². The van der Waals surface area contributed by atoms with Gasteiger partial charge in [0.2, 0.25) is 0 Å². The molecule has 3 N–H and O–H groups in total. The molecule has 0 fully saturated rings. The fourth-order valence-corrected chi connectivity index (χ4v) is 2.55. The Morgan fingerprint density at radius 2 is 2.11 bits per heavy atom. The smallest absolute Gasteiger partial charge is 0.123 e. The summed E-state index contributed by atoms with van der Waals surface area (Å²) in [6.07, 6.45) is 1.28. The van der Waals surface area contributed by atoms with E-state index in [9.17, 15) is 9.50 Å². The van der Waals surface area contributed by atoms with E-state index in [0.29, 0.717) is 29.5 Å². The number of aliphatic hydroxyl groups excluding tert-OH is 1. The maximum atomic E-state index is 13.2. The summed E-state index contributed by atoms with van der Waals surface area (Å²) in [6.45, 7) is 4.49. The summed E-state index contributed by atoms with van der Waals surface area (Å²) in [5.41, 5.74) is 6.09. The Labute approximate surface area is 113 Å². The lowest BCUT2D eigenvalue weighted by atomic mass is 9.76. The van der Waals surface area contributed by atoms with Gasteiger partial charge in [-0.25, -0.2) is 4.39 Å². The van der Waals surface area contributed by atoms with Crippen LogP contribution in [0.3, 0.4) is 0 Å². The lowest BCUT2D eigenvalue weighted by molar-refractivity contribution is 0.108. The molecule has 1 aromatic rings. The first kappa shape index (κ1) is 15.4. The molecule has 1 atom stereocenters. The molecule has 0 heterocycles. The molecule has 0 aliphatic carbocycles. The third-order valence-corrected chi connectivity index (χ3v) is 3.55. The van der Waals surface area contributed by atoms with Crippen molar-refractivity contribution in [2.45, 2.75) is 26.7 Å². The van der Waals surface area contributed by atoms with Gasteiger partial charge in [-0.3, -0.25) is 0 Å². The van der Waals surface area contributed by atoms with Crippen LogP contribution < -0.4 is 5.73 Å². The van der Waals surface area contributed by atoms with Gasteiger partial charge in [-0.05, 0) is 42.5 Å². The molecule has 1 aromatic carbocycles. The maximum absolute atomic E-state index is 13.2. The molecule has 0 radical (unpaired) electrons. The molecule has 18 heavy (non-hydrogen) atoms. The maximum Gasteiger partial charge on any atom is 0.123 e. The number of benzene rings is 1. The average molecular weight is 274 g/mol. The standard InChI is InChI=1S/C14H21ClFNO/c1-10(2)6-14(8-17,9-18)7-11-5-12(16)3-4-13(11)15/h3-5,10,18H,6-9,17H2,1-2H3. The zero-order valence-corrected chi connectivity index (χ0v) is 11.7. The van der Waals surface area contributed by atoms with Crippen LogP contribution in [0.2, 0.25) is 5.02 Å². The summed E-state index contributed by atoms with van der Waals surface area (Å²) >= 11 is 6.06. The number of rotatable bonds is 6. The highest BCUT2D eigenvalue weighted by molar-refractivity contribution is 6.31. The van der Waals surface area contributed by atoms with Gasteiger partial charge in [-0.2, -0.15) is 0 Å². The van der Waals surface area contributed by atoms with Crippen LogP contribution in [-0.4, -0.2) is 18.3 Å². The minimum absolute atomic E-state index is 0.0193. The second kappa shape index (κ2) is 6.50. The van der Waals surface area contributed by atoms with Crippen molar-refractivity contribution in [3.63, 3.8) is 0 Å². The van der Waals surface area contributed by atoms with Crippen molar-refractivity contribution in [1.82, 2.24) is 0 Å². The van der Waals surface area contributed by atoms with Crippen LogP contribution in [0.5, 0.6) is 0 Å². The molecule has 0 aromatic heterocycles. The highest BCUT2D eigenvalue weighted by Crippen LogP contribution is 2.32. The van der Waals surface area contributed by atoms with E-state index in [1.54, 1.807) is 6.07 Å². The lowest BCUT2D eigenvalue weighted by Crippen LogP contribution is -2.38. The minimum atomic E-state index is -0.425. The van der Waals surface area contributed by atoms with Crippen molar-refractivity contribution in [3.8, 4) is 0 Å². The molecule has 102 valence electrons. The van der Waals surface area contributed by atoms with Gasteiger partial charge in [0.1, 0.15) is 5.82 Å². The SMILES string of the molecule is CC(C)CC(CN)(CO)Cc1cc(F)ccc1Cl.